The fraction of sp³-hybridized carbons (Fsp3) is 0.478. The minimum atomic E-state index is -0.812. The van der Waals surface area contributed by atoms with E-state index in [0.29, 0.717) is 43.4 Å². The van der Waals surface area contributed by atoms with Gasteiger partial charge in [0, 0.05) is 29.5 Å². The third-order valence-electron chi connectivity index (χ3n) is 10.00. The Balaban J connectivity index is 1.19. The van der Waals surface area contributed by atoms with E-state index in [4.69, 9.17) is 29.4 Å². The first kappa shape index (κ1) is 44.6. The molecule has 5 unspecified atom stereocenters. The average molecular weight is 773 g/mol. The second-order valence-corrected chi connectivity index (χ2v) is 15.8. The minimum Gasteiger partial charge on any atom is -0.491 e. The summed E-state index contributed by atoms with van der Waals surface area (Å²) in [6.45, 7) is 16.6. The molecule has 0 saturated heterocycles. The molecule has 0 heterocycles. The molecule has 0 fully saturated rings. The van der Waals surface area contributed by atoms with Gasteiger partial charge in [0.2, 0.25) is 0 Å². The van der Waals surface area contributed by atoms with E-state index in [1.54, 1.807) is 0 Å². The molecular formula is C46H64N2O8. The molecule has 0 amide bonds. The highest BCUT2D eigenvalue weighted by atomic mass is 16.5. The summed E-state index contributed by atoms with van der Waals surface area (Å²) in [6, 6.07) is 31.9. The Kier molecular flexibility index (Phi) is 17.0. The topological polar surface area (TPSA) is 145 Å². The van der Waals surface area contributed by atoms with E-state index in [-0.39, 0.29) is 49.3 Å². The Bertz CT molecular complexity index is 1690. The molecule has 4 rings (SSSR count). The number of ether oxygens (including phenoxy) is 5. The van der Waals surface area contributed by atoms with Crippen molar-refractivity contribution in [3.05, 3.63) is 119 Å². The van der Waals surface area contributed by atoms with Crippen molar-refractivity contribution in [1.82, 2.24) is 5.32 Å². The standard InChI is InChI=1S/C46H64N2O8/c1-8-38(49)28-53-41-17-9-34(10-18-41)45(4,5)36-13-21-43(22-14-36)55-30-40(51)31-56-44-23-15-37(16-24-44)46(6,7)35-11-19-42(20-12-35)54-29-39(50)25-48-33(3)27-52-26-32(2)47/h9-24,32-33,38-40,48-51H,8,25-31,47H2,1-7H3. The smallest absolute Gasteiger partial charge is 0.122 e. The number of nitrogens with one attached hydrogen (secondary N) is 1. The molecule has 10 heteroatoms. The van der Waals surface area contributed by atoms with E-state index in [1.165, 1.54) is 0 Å². The fourth-order valence-electron chi connectivity index (χ4n) is 6.03. The van der Waals surface area contributed by atoms with Gasteiger partial charge in [-0.2, -0.15) is 0 Å². The SMILES string of the molecule is CCC(O)COc1ccc(C(C)(C)c2ccc(OCC(O)COc3ccc(C(C)(C)c4ccc(OCC(O)CNC(C)COCC(C)N)cc4)cc3)cc2)cc1. The second kappa shape index (κ2) is 21.4. The molecule has 0 spiro atoms. The van der Waals surface area contributed by atoms with E-state index in [0.717, 1.165) is 28.0 Å². The van der Waals surface area contributed by atoms with E-state index < -0.39 is 18.3 Å². The van der Waals surface area contributed by atoms with Gasteiger partial charge in [-0.15, -0.1) is 0 Å². The van der Waals surface area contributed by atoms with Crippen molar-refractivity contribution >= 4 is 0 Å². The Morgan fingerprint density at radius 2 is 0.821 bits per heavy atom. The minimum absolute atomic E-state index is 0.0000891. The first-order valence-electron chi connectivity index (χ1n) is 19.7. The van der Waals surface area contributed by atoms with Crippen molar-refractivity contribution in [1.29, 1.82) is 0 Å². The van der Waals surface area contributed by atoms with Gasteiger partial charge in [0.1, 0.15) is 61.6 Å². The van der Waals surface area contributed by atoms with Crippen LogP contribution in [0.1, 0.15) is 77.1 Å². The molecule has 306 valence electrons. The van der Waals surface area contributed by atoms with Gasteiger partial charge < -0.3 is 50.1 Å². The van der Waals surface area contributed by atoms with Gasteiger partial charge in [-0.25, -0.2) is 0 Å². The van der Waals surface area contributed by atoms with Crippen molar-refractivity contribution in [2.45, 2.75) is 96.1 Å². The van der Waals surface area contributed by atoms with Crippen molar-refractivity contribution in [2.24, 2.45) is 5.73 Å². The summed E-state index contributed by atoms with van der Waals surface area (Å²) in [5.74, 6) is 2.76. The van der Waals surface area contributed by atoms with E-state index in [1.807, 2.05) is 106 Å². The molecule has 0 aliphatic rings. The van der Waals surface area contributed by atoms with Gasteiger partial charge in [-0.1, -0.05) is 83.1 Å². The summed E-state index contributed by atoms with van der Waals surface area (Å²) in [7, 11) is 0. The summed E-state index contributed by atoms with van der Waals surface area (Å²) < 4.78 is 28.9. The Labute approximate surface area is 333 Å². The lowest BCUT2D eigenvalue weighted by Gasteiger charge is -2.27. The van der Waals surface area contributed by atoms with E-state index in [9.17, 15) is 15.3 Å². The van der Waals surface area contributed by atoms with Crippen LogP contribution in [-0.2, 0) is 15.6 Å². The summed E-state index contributed by atoms with van der Waals surface area (Å²) in [4.78, 5) is 0. The predicted molar refractivity (Wildman–Crippen MR) is 222 cm³/mol. The number of hydrogen-bond acceptors (Lipinski definition) is 10. The second-order valence-electron chi connectivity index (χ2n) is 15.8. The molecule has 0 aliphatic carbocycles. The number of aliphatic hydroxyl groups is 3. The van der Waals surface area contributed by atoms with Crippen molar-refractivity contribution < 1.29 is 39.0 Å². The zero-order valence-electron chi connectivity index (χ0n) is 34.2. The van der Waals surface area contributed by atoms with Crippen LogP contribution in [0.3, 0.4) is 0 Å². The molecule has 6 N–H and O–H groups in total. The number of benzene rings is 4. The molecule has 0 aliphatic heterocycles. The monoisotopic (exact) mass is 772 g/mol. The molecular weight excluding hydrogens is 709 g/mol. The third-order valence-corrected chi connectivity index (χ3v) is 10.00. The first-order chi connectivity index (χ1) is 26.7. The highest BCUT2D eigenvalue weighted by Gasteiger charge is 2.25. The summed E-state index contributed by atoms with van der Waals surface area (Å²) in [6.07, 6.45) is -1.28. The molecule has 0 radical (unpaired) electrons. The molecule has 4 aromatic rings. The molecule has 56 heavy (non-hydrogen) atoms. The number of rotatable bonds is 24. The van der Waals surface area contributed by atoms with Gasteiger partial charge in [-0.3, -0.25) is 0 Å². The maximum Gasteiger partial charge on any atom is 0.122 e. The largest absolute Gasteiger partial charge is 0.491 e. The van der Waals surface area contributed by atoms with Gasteiger partial charge in [0.05, 0.1) is 19.3 Å². The summed E-state index contributed by atoms with van der Waals surface area (Å²) in [5.41, 5.74) is 9.69. The number of aliphatic hydroxyl groups excluding tert-OH is 3. The highest BCUT2D eigenvalue weighted by Crippen LogP contribution is 2.35. The van der Waals surface area contributed by atoms with Gasteiger partial charge >= 0.3 is 0 Å². The summed E-state index contributed by atoms with van der Waals surface area (Å²) >= 11 is 0. The molecule has 4 aromatic carbocycles. The molecule has 0 saturated carbocycles. The van der Waals surface area contributed by atoms with Gasteiger partial charge in [-0.05, 0) is 91.1 Å². The molecule has 0 bridgehead atoms. The zero-order chi connectivity index (χ0) is 40.7. The number of hydrogen-bond donors (Lipinski definition) is 5. The van der Waals surface area contributed by atoms with Crippen LogP contribution in [0.4, 0.5) is 0 Å². The van der Waals surface area contributed by atoms with Crippen LogP contribution < -0.4 is 30.0 Å². The molecule has 5 atom stereocenters. The molecule has 0 aromatic heterocycles. The zero-order valence-corrected chi connectivity index (χ0v) is 34.2. The Morgan fingerprint density at radius 1 is 0.500 bits per heavy atom. The van der Waals surface area contributed by atoms with Crippen LogP contribution in [0.25, 0.3) is 0 Å². The van der Waals surface area contributed by atoms with Crippen LogP contribution in [0.5, 0.6) is 23.0 Å². The van der Waals surface area contributed by atoms with E-state index >= 15 is 0 Å². The average Bonchev–Trinajstić information content (AvgIpc) is 3.20. The molecule has 10 nitrogen and oxygen atoms in total. The fourth-order valence-corrected chi connectivity index (χ4v) is 6.03. The Hall–Kier alpha value is -4.16. The predicted octanol–water partition coefficient (Wildman–Crippen LogP) is 6.39. The maximum absolute atomic E-state index is 10.6. The maximum atomic E-state index is 10.6. The highest BCUT2D eigenvalue weighted by molar-refractivity contribution is 5.43. The lowest BCUT2D eigenvalue weighted by molar-refractivity contribution is 0.0626. The van der Waals surface area contributed by atoms with Crippen LogP contribution in [-0.4, -0.2) is 91.9 Å². The van der Waals surface area contributed by atoms with Crippen molar-refractivity contribution in [3.63, 3.8) is 0 Å². The lowest BCUT2D eigenvalue weighted by Crippen LogP contribution is -2.39. The lowest BCUT2D eigenvalue weighted by atomic mass is 9.78. The van der Waals surface area contributed by atoms with Crippen LogP contribution in [0, 0.1) is 0 Å². The van der Waals surface area contributed by atoms with Crippen LogP contribution >= 0.6 is 0 Å². The normalized spacial score (nSPS) is 14.7. The summed E-state index contributed by atoms with van der Waals surface area (Å²) in [5, 5.41) is 34.0. The quantitative estimate of drug-likeness (QED) is 0.0544. The van der Waals surface area contributed by atoms with E-state index in [2.05, 4.69) is 45.1 Å². The third kappa shape index (κ3) is 13.8. The van der Waals surface area contributed by atoms with Gasteiger partial charge in [0.15, 0.2) is 0 Å². The van der Waals surface area contributed by atoms with Crippen molar-refractivity contribution in [2.75, 3.05) is 46.2 Å². The van der Waals surface area contributed by atoms with Crippen molar-refractivity contribution in [3.8, 4) is 23.0 Å². The van der Waals surface area contributed by atoms with Crippen LogP contribution in [0.2, 0.25) is 0 Å². The van der Waals surface area contributed by atoms with Gasteiger partial charge in [0.25, 0.3) is 0 Å². The Morgan fingerprint density at radius 3 is 1.14 bits per heavy atom. The van der Waals surface area contributed by atoms with Crippen LogP contribution in [0.15, 0.2) is 97.1 Å². The number of nitrogens with two attached hydrogens (primary N) is 1. The first-order valence-corrected chi connectivity index (χ1v) is 19.7.